The molecule has 1 amide bonds. The number of hydrogen-bond donors (Lipinski definition) is 1. The molecule has 0 unspecified atom stereocenters. The second kappa shape index (κ2) is 8.30. The van der Waals surface area contributed by atoms with Gasteiger partial charge in [-0.2, -0.15) is 0 Å². The van der Waals surface area contributed by atoms with Gasteiger partial charge in [-0.25, -0.2) is 15.0 Å². The summed E-state index contributed by atoms with van der Waals surface area (Å²) in [5, 5.41) is 3.26. The monoisotopic (exact) mass is 391 g/mol. The molecule has 8 nitrogen and oxygen atoms in total. The zero-order valence-electron chi connectivity index (χ0n) is 16.7. The lowest BCUT2D eigenvalue weighted by Gasteiger charge is -2.35. The minimum Gasteiger partial charge on any atom is -0.353 e. The molecule has 1 saturated heterocycles. The van der Waals surface area contributed by atoms with E-state index in [0.29, 0.717) is 25.5 Å². The number of pyridine rings is 1. The van der Waals surface area contributed by atoms with E-state index in [1.165, 1.54) is 0 Å². The van der Waals surface area contributed by atoms with Gasteiger partial charge in [0.15, 0.2) is 0 Å². The van der Waals surface area contributed by atoms with Crippen LogP contribution in [0.2, 0.25) is 0 Å². The molecule has 4 heterocycles. The Morgan fingerprint density at radius 3 is 2.52 bits per heavy atom. The van der Waals surface area contributed by atoms with E-state index in [0.717, 1.165) is 36.1 Å². The standard InChI is InChI=1S/C21H25N7O/c1-16-5-6-22-18(13-16)25-19-14-20(24-17(2)23-19)27-9-11-28(12-10-27)21(29)15-26-7-3-4-8-26/h3-8,13-14H,9-12,15H2,1-2H3,(H,22,23,24,25). The SMILES string of the molecule is Cc1ccnc(Nc2cc(N3CCN(C(=O)Cn4cccc4)CC3)nc(C)n2)c1. The second-order valence-electron chi connectivity index (χ2n) is 7.23. The number of nitrogens with zero attached hydrogens (tertiary/aromatic N) is 6. The number of carbonyl (C=O) groups is 1. The summed E-state index contributed by atoms with van der Waals surface area (Å²) in [6.07, 6.45) is 5.60. The molecule has 1 aliphatic heterocycles. The van der Waals surface area contributed by atoms with Gasteiger partial charge in [0.1, 0.15) is 29.8 Å². The van der Waals surface area contributed by atoms with Crippen LogP contribution in [0.3, 0.4) is 0 Å². The fraction of sp³-hybridized carbons (Fsp3) is 0.333. The fourth-order valence-corrected chi connectivity index (χ4v) is 3.43. The molecule has 0 aromatic carbocycles. The van der Waals surface area contributed by atoms with Crippen LogP contribution in [0.5, 0.6) is 0 Å². The predicted octanol–water partition coefficient (Wildman–Crippen LogP) is 2.38. The van der Waals surface area contributed by atoms with Crippen LogP contribution in [0.25, 0.3) is 0 Å². The lowest BCUT2D eigenvalue weighted by molar-refractivity contribution is -0.132. The summed E-state index contributed by atoms with van der Waals surface area (Å²) in [4.78, 5) is 30.0. The number of carbonyl (C=O) groups excluding carboxylic acids is 1. The topological polar surface area (TPSA) is 79.2 Å². The third-order valence-electron chi connectivity index (χ3n) is 4.94. The van der Waals surface area contributed by atoms with Crippen molar-refractivity contribution in [1.82, 2.24) is 24.4 Å². The minimum atomic E-state index is 0.146. The van der Waals surface area contributed by atoms with Crippen molar-refractivity contribution < 1.29 is 4.79 Å². The highest BCUT2D eigenvalue weighted by atomic mass is 16.2. The average Bonchev–Trinajstić information content (AvgIpc) is 3.21. The highest BCUT2D eigenvalue weighted by Crippen LogP contribution is 2.20. The molecule has 1 N–H and O–H groups in total. The Morgan fingerprint density at radius 1 is 1.03 bits per heavy atom. The van der Waals surface area contributed by atoms with E-state index in [4.69, 9.17) is 0 Å². The maximum Gasteiger partial charge on any atom is 0.242 e. The molecule has 0 spiro atoms. The molecule has 0 saturated carbocycles. The van der Waals surface area contributed by atoms with E-state index < -0.39 is 0 Å². The molecule has 0 aliphatic carbocycles. The Labute approximate surface area is 170 Å². The molecule has 1 fully saturated rings. The van der Waals surface area contributed by atoms with Gasteiger partial charge in [-0.15, -0.1) is 0 Å². The highest BCUT2D eigenvalue weighted by molar-refractivity contribution is 5.76. The van der Waals surface area contributed by atoms with Crippen LogP contribution in [0.1, 0.15) is 11.4 Å². The van der Waals surface area contributed by atoms with Gasteiger partial charge in [0, 0.05) is 50.8 Å². The normalized spacial score (nSPS) is 14.1. The van der Waals surface area contributed by atoms with E-state index in [1.807, 2.05) is 66.0 Å². The summed E-state index contributed by atoms with van der Waals surface area (Å²) in [7, 11) is 0. The van der Waals surface area contributed by atoms with E-state index in [2.05, 4.69) is 25.2 Å². The molecule has 0 bridgehead atoms. The first-order chi connectivity index (χ1) is 14.1. The van der Waals surface area contributed by atoms with Crippen LogP contribution in [0, 0.1) is 13.8 Å². The van der Waals surface area contributed by atoms with Crippen LogP contribution < -0.4 is 10.2 Å². The number of amides is 1. The zero-order chi connectivity index (χ0) is 20.2. The van der Waals surface area contributed by atoms with E-state index in [1.54, 1.807) is 6.20 Å². The number of rotatable bonds is 5. The summed E-state index contributed by atoms with van der Waals surface area (Å²) in [6, 6.07) is 9.74. The van der Waals surface area contributed by atoms with Crippen molar-refractivity contribution in [2.45, 2.75) is 20.4 Å². The first-order valence-corrected chi connectivity index (χ1v) is 9.76. The summed E-state index contributed by atoms with van der Waals surface area (Å²) in [5.74, 6) is 3.19. The third kappa shape index (κ3) is 4.71. The van der Waals surface area contributed by atoms with Crippen LogP contribution in [-0.2, 0) is 11.3 Å². The molecule has 150 valence electrons. The molecular weight excluding hydrogens is 366 g/mol. The second-order valence-corrected chi connectivity index (χ2v) is 7.23. The number of aromatic nitrogens is 4. The number of nitrogens with one attached hydrogen (secondary N) is 1. The molecule has 4 rings (SSSR count). The Hall–Kier alpha value is -3.42. The van der Waals surface area contributed by atoms with Crippen LogP contribution in [0.15, 0.2) is 48.9 Å². The van der Waals surface area contributed by atoms with Gasteiger partial charge in [0.25, 0.3) is 0 Å². The number of aryl methyl sites for hydroxylation is 2. The Balaban J connectivity index is 1.40. The number of piperazine rings is 1. The van der Waals surface area contributed by atoms with Crippen molar-refractivity contribution in [2.75, 3.05) is 36.4 Å². The quantitative estimate of drug-likeness (QED) is 0.719. The Kier molecular flexibility index (Phi) is 5.41. The Morgan fingerprint density at radius 2 is 1.79 bits per heavy atom. The van der Waals surface area contributed by atoms with Crippen LogP contribution in [-0.4, -0.2) is 56.5 Å². The highest BCUT2D eigenvalue weighted by Gasteiger charge is 2.22. The van der Waals surface area contributed by atoms with Crippen molar-refractivity contribution in [3.05, 3.63) is 60.3 Å². The van der Waals surface area contributed by atoms with E-state index in [-0.39, 0.29) is 5.91 Å². The first kappa shape index (κ1) is 18.9. The van der Waals surface area contributed by atoms with Crippen molar-refractivity contribution in [2.24, 2.45) is 0 Å². The Bertz CT molecular complexity index is 978. The number of hydrogen-bond acceptors (Lipinski definition) is 6. The van der Waals surface area contributed by atoms with Gasteiger partial charge in [-0.05, 0) is 43.7 Å². The van der Waals surface area contributed by atoms with Crippen molar-refractivity contribution in [1.29, 1.82) is 0 Å². The summed E-state index contributed by atoms with van der Waals surface area (Å²) in [6.45, 7) is 7.16. The van der Waals surface area contributed by atoms with Crippen molar-refractivity contribution >= 4 is 23.4 Å². The van der Waals surface area contributed by atoms with E-state index >= 15 is 0 Å². The zero-order valence-corrected chi connectivity index (χ0v) is 16.7. The fourth-order valence-electron chi connectivity index (χ4n) is 3.43. The van der Waals surface area contributed by atoms with Gasteiger partial charge in [-0.1, -0.05) is 0 Å². The van der Waals surface area contributed by atoms with Crippen molar-refractivity contribution in [3.8, 4) is 0 Å². The van der Waals surface area contributed by atoms with E-state index in [9.17, 15) is 4.79 Å². The molecule has 29 heavy (non-hydrogen) atoms. The minimum absolute atomic E-state index is 0.146. The first-order valence-electron chi connectivity index (χ1n) is 9.76. The molecule has 0 atom stereocenters. The largest absolute Gasteiger partial charge is 0.353 e. The lowest BCUT2D eigenvalue weighted by atomic mass is 10.3. The third-order valence-corrected chi connectivity index (χ3v) is 4.94. The summed E-state index contributed by atoms with van der Waals surface area (Å²) in [5.41, 5.74) is 1.13. The smallest absolute Gasteiger partial charge is 0.242 e. The van der Waals surface area contributed by atoms with Gasteiger partial charge in [-0.3, -0.25) is 4.79 Å². The van der Waals surface area contributed by atoms with Crippen molar-refractivity contribution in [3.63, 3.8) is 0 Å². The molecular formula is C21H25N7O. The predicted molar refractivity (Wildman–Crippen MR) is 112 cm³/mol. The molecule has 3 aromatic rings. The van der Waals surface area contributed by atoms with Gasteiger partial charge in [0.2, 0.25) is 5.91 Å². The number of anilines is 3. The molecule has 1 aliphatic rings. The van der Waals surface area contributed by atoms with Crippen LogP contribution >= 0.6 is 0 Å². The molecule has 8 heteroatoms. The van der Waals surface area contributed by atoms with Gasteiger partial charge >= 0.3 is 0 Å². The summed E-state index contributed by atoms with van der Waals surface area (Å²) >= 11 is 0. The maximum absolute atomic E-state index is 12.5. The summed E-state index contributed by atoms with van der Waals surface area (Å²) < 4.78 is 1.90. The van der Waals surface area contributed by atoms with Gasteiger partial charge in [0.05, 0.1) is 0 Å². The van der Waals surface area contributed by atoms with Crippen LogP contribution in [0.4, 0.5) is 17.5 Å². The molecule has 3 aromatic heterocycles. The molecule has 0 radical (unpaired) electrons. The average molecular weight is 391 g/mol. The maximum atomic E-state index is 12.5. The lowest BCUT2D eigenvalue weighted by Crippen LogP contribution is -2.49. The van der Waals surface area contributed by atoms with Gasteiger partial charge < -0.3 is 19.7 Å².